The average Bonchev–Trinajstić information content (AvgIpc) is 2.63. The van der Waals surface area contributed by atoms with Gasteiger partial charge in [0.05, 0.1) is 16.9 Å². The number of carbonyl (C=O) groups is 1. The van der Waals surface area contributed by atoms with Gasteiger partial charge in [-0.05, 0) is 31.4 Å². The lowest BCUT2D eigenvalue weighted by molar-refractivity contribution is 0.0698. The van der Waals surface area contributed by atoms with Crippen molar-refractivity contribution < 1.29 is 9.90 Å². The lowest BCUT2D eigenvalue weighted by Gasteiger charge is -2.32. The van der Waals surface area contributed by atoms with Crippen LogP contribution < -0.4 is 10.6 Å². The number of rotatable bonds is 3. The maximum atomic E-state index is 11.2. The number of hydrogen-bond acceptors (Lipinski definition) is 3. The Morgan fingerprint density at radius 1 is 1.42 bits per heavy atom. The molecule has 3 N–H and O–H groups in total. The number of carboxylic acid groups (broad SMARTS) is 1. The van der Waals surface area contributed by atoms with E-state index < -0.39 is 5.97 Å². The first-order valence-electron chi connectivity index (χ1n) is 7.03. The Morgan fingerprint density at radius 3 is 2.89 bits per heavy atom. The molecule has 2 rings (SSSR count). The molecule has 0 aromatic heterocycles. The first-order valence-corrected chi connectivity index (χ1v) is 7.03. The zero-order valence-corrected chi connectivity index (χ0v) is 11.4. The molecule has 0 radical (unpaired) electrons. The van der Waals surface area contributed by atoms with Crippen molar-refractivity contribution in [2.75, 3.05) is 17.2 Å². The summed E-state index contributed by atoms with van der Waals surface area (Å²) in [5.74, 6) is -0.956. The van der Waals surface area contributed by atoms with Gasteiger partial charge in [0.15, 0.2) is 0 Å². The van der Waals surface area contributed by atoms with Gasteiger partial charge in [0.25, 0.3) is 0 Å². The fraction of sp³-hybridized carbons (Fsp3) is 0.533. The van der Waals surface area contributed by atoms with Crippen LogP contribution in [0.25, 0.3) is 0 Å². The second-order valence-corrected chi connectivity index (χ2v) is 5.15. The molecule has 1 fully saturated rings. The molecule has 0 amide bonds. The van der Waals surface area contributed by atoms with Crippen LogP contribution in [0.15, 0.2) is 18.2 Å². The van der Waals surface area contributed by atoms with E-state index in [2.05, 4.69) is 11.8 Å². The van der Waals surface area contributed by atoms with Gasteiger partial charge in [-0.1, -0.05) is 25.8 Å². The number of nitrogens with zero attached hydrogens (tertiary/aromatic N) is 1. The number of carboxylic acids is 1. The number of hydrogen-bond donors (Lipinski definition) is 2. The lowest BCUT2D eigenvalue weighted by Crippen LogP contribution is -2.35. The normalized spacial score (nSPS) is 20.1. The van der Waals surface area contributed by atoms with E-state index in [-0.39, 0.29) is 5.56 Å². The van der Waals surface area contributed by atoms with Crippen LogP contribution in [-0.4, -0.2) is 23.7 Å². The molecular formula is C15H22N2O2. The summed E-state index contributed by atoms with van der Waals surface area (Å²) >= 11 is 0. The summed E-state index contributed by atoms with van der Waals surface area (Å²) < 4.78 is 0. The van der Waals surface area contributed by atoms with E-state index >= 15 is 0 Å². The van der Waals surface area contributed by atoms with Crippen molar-refractivity contribution in [3.05, 3.63) is 23.8 Å². The largest absolute Gasteiger partial charge is 0.478 e. The van der Waals surface area contributed by atoms with Crippen molar-refractivity contribution in [3.63, 3.8) is 0 Å². The van der Waals surface area contributed by atoms with E-state index in [4.69, 9.17) is 10.8 Å². The van der Waals surface area contributed by atoms with Crippen LogP contribution in [0, 0.1) is 0 Å². The highest BCUT2D eigenvalue weighted by Crippen LogP contribution is 2.32. The standard InChI is InChI=1S/C15H22N2O2/c1-2-11-7-4-3-5-10-17(11)13-9-6-8-12(14(13)16)15(18)19/h6,8-9,11H,2-5,7,10,16H2,1H3,(H,18,19). The summed E-state index contributed by atoms with van der Waals surface area (Å²) in [7, 11) is 0. The van der Waals surface area contributed by atoms with Gasteiger partial charge in [-0.25, -0.2) is 4.79 Å². The van der Waals surface area contributed by atoms with Gasteiger partial charge in [-0.2, -0.15) is 0 Å². The van der Waals surface area contributed by atoms with Gasteiger partial charge in [0.1, 0.15) is 0 Å². The Kier molecular flexibility index (Phi) is 4.30. The monoisotopic (exact) mass is 262 g/mol. The topological polar surface area (TPSA) is 66.6 Å². The predicted octanol–water partition coefficient (Wildman–Crippen LogP) is 3.13. The highest BCUT2D eigenvalue weighted by Gasteiger charge is 2.23. The number of nitrogen functional groups attached to an aromatic ring is 1. The summed E-state index contributed by atoms with van der Waals surface area (Å²) in [6.07, 6.45) is 5.86. The lowest BCUT2D eigenvalue weighted by atomic mass is 10.1. The summed E-state index contributed by atoms with van der Waals surface area (Å²) in [6.45, 7) is 3.14. The van der Waals surface area contributed by atoms with Crippen molar-refractivity contribution in [1.82, 2.24) is 0 Å². The highest BCUT2D eigenvalue weighted by molar-refractivity contribution is 5.97. The van der Waals surface area contributed by atoms with Crippen LogP contribution in [0.1, 0.15) is 49.4 Å². The molecule has 1 atom stereocenters. The first kappa shape index (κ1) is 13.7. The molecule has 1 saturated heterocycles. The van der Waals surface area contributed by atoms with Crippen LogP contribution in [0.5, 0.6) is 0 Å². The van der Waals surface area contributed by atoms with E-state index in [0.717, 1.165) is 31.5 Å². The van der Waals surface area contributed by atoms with E-state index in [1.54, 1.807) is 12.1 Å². The van der Waals surface area contributed by atoms with E-state index in [1.807, 2.05) is 6.07 Å². The minimum absolute atomic E-state index is 0.205. The van der Waals surface area contributed by atoms with E-state index in [9.17, 15) is 4.79 Å². The van der Waals surface area contributed by atoms with Gasteiger partial charge in [0, 0.05) is 12.6 Å². The number of aromatic carboxylic acids is 1. The molecule has 0 spiro atoms. The van der Waals surface area contributed by atoms with Crippen molar-refractivity contribution >= 4 is 17.3 Å². The van der Waals surface area contributed by atoms with Crippen LogP contribution >= 0.6 is 0 Å². The third-order valence-corrected chi connectivity index (χ3v) is 3.97. The molecule has 1 unspecified atom stereocenters. The molecule has 19 heavy (non-hydrogen) atoms. The maximum absolute atomic E-state index is 11.2. The van der Waals surface area contributed by atoms with Crippen LogP contribution in [0.3, 0.4) is 0 Å². The molecule has 4 heteroatoms. The Morgan fingerprint density at radius 2 is 2.21 bits per heavy atom. The number of para-hydroxylation sites is 1. The predicted molar refractivity (Wildman–Crippen MR) is 77.7 cm³/mol. The molecule has 1 heterocycles. The third-order valence-electron chi connectivity index (χ3n) is 3.97. The molecule has 1 aliphatic rings. The zero-order chi connectivity index (χ0) is 13.8. The van der Waals surface area contributed by atoms with Crippen LogP contribution in [0.2, 0.25) is 0 Å². The minimum atomic E-state index is -0.956. The Labute approximate surface area is 114 Å². The van der Waals surface area contributed by atoms with Crippen molar-refractivity contribution in [2.45, 2.75) is 45.1 Å². The first-order chi connectivity index (χ1) is 9.15. The quantitative estimate of drug-likeness (QED) is 0.821. The van der Waals surface area contributed by atoms with Crippen molar-refractivity contribution in [2.24, 2.45) is 0 Å². The SMILES string of the molecule is CCC1CCCCCN1c1cccc(C(=O)O)c1N. The fourth-order valence-corrected chi connectivity index (χ4v) is 2.91. The van der Waals surface area contributed by atoms with Crippen LogP contribution in [0.4, 0.5) is 11.4 Å². The second-order valence-electron chi connectivity index (χ2n) is 5.15. The minimum Gasteiger partial charge on any atom is -0.478 e. The molecule has 104 valence electrons. The smallest absolute Gasteiger partial charge is 0.337 e. The second kappa shape index (κ2) is 5.95. The average molecular weight is 262 g/mol. The summed E-state index contributed by atoms with van der Waals surface area (Å²) in [5.41, 5.74) is 7.55. The molecule has 4 nitrogen and oxygen atoms in total. The molecule has 0 bridgehead atoms. The molecule has 1 aliphatic heterocycles. The Bertz CT molecular complexity index is 459. The Balaban J connectivity index is 2.38. The van der Waals surface area contributed by atoms with Crippen molar-refractivity contribution in [3.8, 4) is 0 Å². The van der Waals surface area contributed by atoms with Gasteiger partial charge in [0.2, 0.25) is 0 Å². The highest BCUT2D eigenvalue weighted by atomic mass is 16.4. The summed E-state index contributed by atoms with van der Waals surface area (Å²) in [4.78, 5) is 13.5. The molecular weight excluding hydrogens is 240 g/mol. The maximum Gasteiger partial charge on any atom is 0.337 e. The third kappa shape index (κ3) is 2.83. The van der Waals surface area contributed by atoms with Gasteiger partial charge in [-0.3, -0.25) is 0 Å². The zero-order valence-electron chi connectivity index (χ0n) is 11.4. The fourth-order valence-electron chi connectivity index (χ4n) is 2.91. The number of anilines is 2. The van der Waals surface area contributed by atoms with Crippen LogP contribution in [-0.2, 0) is 0 Å². The number of benzene rings is 1. The molecule has 0 saturated carbocycles. The Hall–Kier alpha value is -1.71. The van der Waals surface area contributed by atoms with Gasteiger partial charge < -0.3 is 15.7 Å². The summed E-state index contributed by atoms with van der Waals surface area (Å²) in [6, 6.07) is 5.76. The van der Waals surface area contributed by atoms with E-state index in [1.165, 1.54) is 12.8 Å². The molecule has 0 aliphatic carbocycles. The molecule has 1 aromatic carbocycles. The number of nitrogens with two attached hydrogens (primary N) is 1. The van der Waals surface area contributed by atoms with Gasteiger partial charge >= 0.3 is 5.97 Å². The molecule has 1 aromatic rings. The van der Waals surface area contributed by atoms with E-state index in [0.29, 0.717) is 11.7 Å². The summed E-state index contributed by atoms with van der Waals surface area (Å²) in [5, 5.41) is 9.17. The van der Waals surface area contributed by atoms with Gasteiger partial charge in [-0.15, -0.1) is 0 Å². The van der Waals surface area contributed by atoms with Crippen molar-refractivity contribution in [1.29, 1.82) is 0 Å².